The summed E-state index contributed by atoms with van der Waals surface area (Å²) in [6.07, 6.45) is 7.79. The summed E-state index contributed by atoms with van der Waals surface area (Å²) in [5.41, 5.74) is 6.42. The average molecular weight is 352 g/mol. The molecule has 3 heterocycles. The molecule has 1 aliphatic carbocycles. The van der Waals surface area contributed by atoms with Crippen LogP contribution in [0.1, 0.15) is 43.6 Å². The zero-order chi connectivity index (χ0) is 17.5. The number of hydrogen-bond donors (Lipinski definition) is 3. The number of carbonyl (C=O) groups is 1. The Morgan fingerprint density at radius 3 is 2.62 bits per heavy atom. The van der Waals surface area contributed by atoms with Gasteiger partial charge < -0.3 is 10.6 Å². The summed E-state index contributed by atoms with van der Waals surface area (Å²) in [5.74, 6) is 1.50. The highest BCUT2D eigenvalue weighted by atomic mass is 16.2. The Bertz CT molecular complexity index is 697. The standard InChI is InChI=1S/C21H28N4O/c26-19-13-18(15-9-11-22-12-10-15)25-21(23-19)20-16(7-4-8-17(20)24-25)14-5-2-1-3-6-14/h1-3,5-6,13,15-17,20-22,24H,4,7-12H2,(H,23,26). The summed E-state index contributed by atoms with van der Waals surface area (Å²) in [5, 5.41) is 9.04. The molecule has 4 aliphatic rings. The summed E-state index contributed by atoms with van der Waals surface area (Å²) in [7, 11) is 0. The molecular formula is C21H28N4O. The molecule has 1 saturated carbocycles. The van der Waals surface area contributed by atoms with E-state index >= 15 is 0 Å². The van der Waals surface area contributed by atoms with E-state index in [9.17, 15) is 4.79 Å². The molecule has 3 aliphatic heterocycles. The summed E-state index contributed by atoms with van der Waals surface area (Å²) >= 11 is 0. The highest BCUT2D eigenvalue weighted by Crippen LogP contribution is 2.45. The highest BCUT2D eigenvalue weighted by Gasteiger charge is 2.50. The number of nitrogens with zero attached hydrogens (tertiary/aromatic N) is 1. The van der Waals surface area contributed by atoms with Gasteiger partial charge in [0.1, 0.15) is 6.17 Å². The Morgan fingerprint density at radius 2 is 1.81 bits per heavy atom. The van der Waals surface area contributed by atoms with Gasteiger partial charge in [0.25, 0.3) is 0 Å². The number of rotatable bonds is 2. The predicted molar refractivity (Wildman–Crippen MR) is 101 cm³/mol. The lowest BCUT2D eigenvalue weighted by Gasteiger charge is -2.40. The molecule has 2 saturated heterocycles. The molecule has 1 aromatic rings. The lowest BCUT2D eigenvalue weighted by Crippen LogP contribution is -2.54. The summed E-state index contributed by atoms with van der Waals surface area (Å²) < 4.78 is 0. The van der Waals surface area contributed by atoms with Crippen LogP contribution in [0.25, 0.3) is 0 Å². The Hall–Kier alpha value is -1.85. The van der Waals surface area contributed by atoms with Crippen molar-refractivity contribution < 1.29 is 4.79 Å². The quantitative estimate of drug-likeness (QED) is 0.763. The molecule has 1 amide bonds. The smallest absolute Gasteiger partial charge is 0.247 e. The number of nitrogens with one attached hydrogen (secondary N) is 3. The molecule has 138 valence electrons. The fourth-order valence-electron chi connectivity index (χ4n) is 5.55. The first kappa shape index (κ1) is 16.3. The van der Waals surface area contributed by atoms with Gasteiger partial charge in [-0.05, 0) is 50.3 Å². The summed E-state index contributed by atoms with van der Waals surface area (Å²) in [6.45, 7) is 2.09. The Balaban J connectivity index is 1.46. The van der Waals surface area contributed by atoms with E-state index in [2.05, 4.69) is 51.4 Å². The highest BCUT2D eigenvalue weighted by molar-refractivity contribution is 5.89. The summed E-state index contributed by atoms with van der Waals surface area (Å²) in [4.78, 5) is 12.5. The predicted octanol–water partition coefficient (Wildman–Crippen LogP) is 2.10. The molecule has 0 bridgehead atoms. The third kappa shape index (κ3) is 2.74. The molecule has 5 rings (SSSR count). The molecule has 26 heavy (non-hydrogen) atoms. The van der Waals surface area contributed by atoms with Gasteiger partial charge in [-0.3, -0.25) is 9.80 Å². The Labute approximate surface area is 155 Å². The average Bonchev–Trinajstić information content (AvgIpc) is 3.07. The largest absolute Gasteiger partial charge is 0.331 e. The lowest BCUT2D eigenvalue weighted by molar-refractivity contribution is -0.120. The van der Waals surface area contributed by atoms with E-state index in [0.29, 0.717) is 23.8 Å². The van der Waals surface area contributed by atoms with Crippen molar-refractivity contribution in [1.82, 2.24) is 21.1 Å². The van der Waals surface area contributed by atoms with Crippen LogP contribution < -0.4 is 16.1 Å². The minimum atomic E-state index is 0.0768. The second-order valence-corrected chi connectivity index (χ2v) is 8.18. The van der Waals surface area contributed by atoms with Crippen molar-refractivity contribution >= 4 is 5.91 Å². The zero-order valence-electron chi connectivity index (χ0n) is 15.2. The molecule has 1 aromatic carbocycles. The maximum absolute atomic E-state index is 12.5. The summed E-state index contributed by atoms with van der Waals surface area (Å²) in [6, 6.07) is 11.3. The van der Waals surface area contributed by atoms with Crippen molar-refractivity contribution in [1.29, 1.82) is 0 Å². The van der Waals surface area contributed by atoms with Gasteiger partial charge in [-0.25, -0.2) is 5.43 Å². The lowest BCUT2D eigenvalue weighted by atomic mass is 9.72. The van der Waals surface area contributed by atoms with Crippen LogP contribution in [0.2, 0.25) is 0 Å². The van der Waals surface area contributed by atoms with Gasteiger partial charge in [0.15, 0.2) is 0 Å². The molecule has 0 radical (unpaired) electrons. The van der Waals surface area contributed by atoms with E-state index in [1.165, 1.54) is 30.5 Å². The number of amides is 1. The van der Waals surface area contributed by atoms with Gasteiger partial charge >= 0.3 is 0 Å². The molecule has 0 aromatic heterocycles. The van der Waals surface area contributed by atoms with E-state index in [4.69, 9.17) is 0 Å². The number of benzene rings is 1. The number of hydrazine groups is 1. The molecule has 0 spiro atoms. The van der Waals surface area contributed by atoms with Crippen LogP contribution >= 0.6 is 0 Å². The molecule has 5 nitrogen and oxygen atoms in total. The van der Waals surface area contributed by atoms with E-state index in [1.54, 1.807) is 0 Å². The van der Waals surface area contributed by atoms with Crippen molar-refractivity contribution in [2.45, 2.75) is 50.2 Å². The number of piperidine rings is 1. The molecule has 4 unspecified atom stereocenters. The van der Waals surface area contributed by atoms with Crippen LogP contribution in [-0.2, 0) is 4.79 Å². The number of hydrogen-bond acceptors (Lipinski definition) is 4. The van der Waals surface area contributed by atoms with E-state index in [1.807, 2.05) is 6.08 Å². The van der Waals surface area contributed by atoms with Crippen LogP contribution in [-0.4, -0.2) is 36.2 Å². The zero-order valence-corrected chi connectivity index (χ0v) is 15.2. The van der Waals surface area contributed by atoms with Gasteiger partial charge in [-0.2, -0.15) is 0 Å². The van der Waals surface area contributed by atoms with Crippen LogP contribution in [0.4, 0.5) is 0 Å². The van der Waals surface area contributed by atoms with Gasteiger partial charge in [-0.1, -0.05) is 36.8 Å². The maximum atomic E-state index is 12.5. The molecule has 3 fully saturated rings. The first-order valence-electron chi connectivity index (χ1n) is 10.1. The van der Waals surface area contributed by atoms with Crippen molar-refractivity contribution in [2.24, 2.45) is 11.8 Å². The second-order valence-electron chi connectivity index (χ2n) is 8.18. The molecular weight excluding hydrogens is 324 g/mol. The fraction of sp³-hybridized carbons (Fsp3) is 0.571. The van der Waals surface area contributed by atoms with Crippen LogP contribution in [0.15, 0.2) is 42.1 Å². The first-order chi connectivity index (χ1) is 12.8. The fourth-order valence-corrected chi connectivity index (χ4v) is 5.55. The van der Waals surface area contributed by atoms with Crippen molar-refractivity contribution in [3.05, 3.63) is 47.7 Å². The topological polar surface area (TPSA) is 56.4 Å². The number of allylic oxidation sites excluding steroid dienone is 1. The van der Waals surface area contributed by atoms with Gasteiger partial charge in [-0.15, -0.1) is 0 Å². The molecule has 4 atom stereocenters. The number of fused-ring (bicyclic) bond motifs is 3. The van der Waals surface area contributed by atoms with E-state index in [0.717, 1.165) is 25.9 Å². The van der Waals surface area contributed by atoms with E-state index in [-0.39, 0.29) is 12.1 Å². The van der Waals surface area contributed by atoms with Gasteiger partial charge in [0.05, 0.1) is 0 Å². The Kier molecular flexibility index (Phi) is 4.21. The number of carbonyl (C=O) groups excluding carboxylic acids is 1. The minimum absolute atomic E-state index is 0.0768. The SMILES string of the molecule is O=C1C=C(C2CCNCC2)N2NC3CCCC(c4ccccc4)C3C2N1. The normalized spacial score (nSPS) is 34.7. The van der Waals surface area contributed by atoms with E-state index < -0.39 is 0 Å². The third-order valence-corrected chi connectivity index (χ3v) is 6.74. The molecule has 5 heteroatoms. The molecule has 3 N–H and O–H groups in total. The van der Waals surface area contributed by atoms with Crippen LogP contribution in [0.3, 0.4) is 0 Å². The monoisotopic (exact) mass is 352 g/mol. The second kappa shape index (κ2) is 6.71. The van der Waals surface area contributed by atoms with Crippen LogP contribution in [0, 0.1) is 11.8 Å². The van der Waals surface area contributed by atoms with Crippen molar-refractivity contribution in [3.8, 4) is 0 Å². The van der Waals surface area contributed by atoms with Gasteiger partial charge in [0.2, 0.25) is 5.91 Å². The maximum Gasteiger partial charge on any atom is 0.247 e. The minimum Gasteiger partial charge on any atom is -0.331 e. The Morgan fingerprint density at radius 1 is 1.00 bits per heavy atom. The van der Waals surface area contributed by atoms with Crippen molar-refractivity contribution in [3.63, 3.8) is 0 Å². The van der Waals surface area contributed by atoms with Crippen LogP contribution in [0.5, 0.6) is 0 Å². The third-order valence-electron chi connectivity index (χ3n) is 6.74. The van der Waals surface area contributed by atoms with Gasteiger partial charge in [0, 0.05) is 29.7 Å². The van der Waals surface area contributed by atoms with Crippen molar-refractivity contribution in [2.75, 3.05) is 13.1 Å². The first-order valence-corrected chi connectivity index (χ1v) is 10.1.